The largest absolute Gasteiger partial charge is 0.479 e. The van der Waals surface area contributed by atoms with Crippen LogP contribution < -0.4 is 10.6 Å². The second-order valence-corrected chi connectivity index (χ2v) is 4.78. The summed E-state index contributed by atoms with van der Waals surface area (Å²) in [4.78, 5) is 22.2. The van der Waals surface area contributed by atoms with Crippen LogP contribution in [0.4, 0.5) is 10.5 Å². The molecule has 0 saturated carbocycles. The molecule has 0 fully saturated rings. The summed E-state index contributed by atoms with van der Waals surface area (Å²) in [5.41, 5.74) is -0.684. The molecule has 0 aliphatic carbocycles. The summed E-state index contributed by atoms with van der Waals surface area (Å²) >= 11 is 5.78. The molecule has 1 rings (SSSR count). The van der Waals surface area contributed by atoms with Gasteiger partial charge in [0, 0.05) is 10.7 Å². The second kappa shape index (κ2) is 5.90. The van der Waals surface area contributed by atoms with E-state index in [1.165, 1.54) is 0 Å². The highest BCUT2D eigenvalue weighted by atomic mass is 35.5. The quantitative estimate of drug-likeness (QED) is 0.676. The number of anilines is 1. The molecule has 1 aromatic carbocycles. The van der Waals surface area contributed by atoms with E-state index in [0.29, 0.717) is 10.7 Å². The molecule has 6 nitrogen and oxygen atoms in total. The van der Waals surface area contributed by atoms with Gasteiger partial charge in [0.1, 0.15) is 0 Å². The molecule has 0 saturated heterocycles. The number of carboxylic acid groups (broad SMARTS) is 1. The molecule has 19 heavy (non-hydrogen) atoms. The Kier molecular flexibility index (Phi) is 4.74. The third-order valence-corrected chi connectivity index (χ3v) is 2.73. The highest BCUT2D eigenvalue weighted by Crippen LogP contribution is 2.19. The number of halogens is 1. The highest BCUT2D eigenvalue weighted by Gasteiger charge is 2.30. The molecule has 0 aliphatic heterocycles. The van der Waals surface area contributed by atoms with Crippen molar-refractivity contribution < 1.29 is 19.8 Å². The minimum atomic E-state index is -2.01. The van der Waals surface area contributed by atoms with Gasteiger partial charge in [-0.05, 0) is 37.6 Å². The second-order valence-electron chi connectivity index (χ2n) is 4.35. The zero-order valence-electron chi connectivity index (χ0n) is 10.5. The van der Waals surface area contributed by atoms with E-state index in [9.17, 15) is 14.7 Å². The zero-order valence-corrected chi connectivity index (χ0v) is 11.3. The van der Waals surface area contributed by atoms with Crippen LogP contribution >= 0.6 is 11.6 Å². The van der Waals surface area contributed by atoms with Crippen LogP contribution in [0.3, 0.4) is 0 Å². The number of carbonyl (C=O) groups excluding carboxylic acids is 1. The minimum Gasteiger partial charge on any atom is -0.479 e. The average molecular weight is 287 g/mol. The van der Waals surface area contributed by atoms with E-state index < -0.39 is 24.1 Å². The Hall–Kier alpha value is -1.79. The van der Waals surface area contributed by atoms with Crippen molar-refractivity contribution in [3.63, 3.8) is 0 Å². The Morgan fingerprint density at radius 3 is 2.58 bits per heavy atom. The third-order valence-electron chi connectivity index (χ3n) is 2.49. The summed E-state index contributed by atoms with van der Waals surface area (Å²) in [6, 6.07) is 4.33. The van der Waals surface area contributed by atoms with Crippen LogP contribution in [-0.2, 0) is 4.79 Å². The monoisotopic (exact) mass is 286 g/mol. The number of rotatable bonds is 4. The molecule has 0 bridgehead atoms. The number of carboxylic acids is 1. The van der Waals surface area contributed by atoms with Crippen LogP contribution in [-0.4, -0.2) is 34.4 Å². The molecule has 0 heterocycles. The Balaban J connectivity index is 2.59. The fourth-order valence-electron chi connectivity index (χ4n) is 1.26. The van der Waals surface area contributed by atoms with Gasteiger partial charge >= 0.3 is 12.0 Å². The number of carbonyl (C=O) groups is 2. The maximum Gasteiger partial charge on any atom is 0.337 e. The van der Waals surface area contributed by atoms with Crippen LogP contribution in [0.25, 0.3) is 0 Å². The van der Waals surface area contributed by atoms with Gasteiger partial charge < -0.3 is 20.8 Å². The van der Waals surface area contributed by atoms with Crippen molar-refractivity contribution in [2.45, 2.75) is 19.4 Å². The number of aryl methyl sites for hydroxylation is 1. The van der Waals surface area contributed by atoms with E-state index in [4.69, 9.17) is 16.7 Å². The van der Waals surface area contributed by atoms with Crippen molar-refractivity contribution in [2.24, 2.45) is 0 Å². The van der Waals surface area contributed by atoms with Crippen molar-refractivity contribution in [1.82, 2.24) is 5.32 Å². The molecule has 104 valence electrons. The molecule has 4 N–H and O–H groups in total. The number of hydrogen-bond acceptors (Lipinski definition) is 3. The van der Waals surface area contributed by atoms with Gasteiger partial charge in [-0.15, -0.1) is 0 Å². The molecule has 2 amide bonds. The summed E-state index contributed by atoms with van der Waals surface area (Å²) in [5, 5.41) is 23.5. The molecule has 0 aliphatic rings. The molecule has 0 spiro atoms. The SMILES string of the molecule is Cc1cc(Cl)ccc1NC(=O)NCC(C)(O)C(=O)O. The predicted octanol–water partition coefficient (Wildman–Crippen LogP) is 1.61. The van der Waals surface area contributed by atoms with Crippen LogP contribution in [0.5, 0.6) is 0 Å². The van der Waals surface area contributed by atoms with Crippen LogP contribution in [0, 0.1) is 6.92 Å². The standard InChI is InChI=1S/C12H15ClN2O4/c1-7-5-8(13)3-4-9(7)15-11(18)14-6-12(2,19)10(16)17/h3-5,19H,6H2,1-2H3,(H,16,17)(H2,14,15,18). The number of urea groups is 1. The first kappa shape index (κ1) is 15.3. The number of amides is 2. The van der Waals surface area contributed by atoms with E-state index in [2.05, 4.69) is 10.6 Å². The number of aliphatic hydroxyl groups is 1. The first-order valence-electron chi connectivity index (χ1n) is 5.49. The lowest BCUT2D eigenvalue weighted by Crippen LogP contribution is -2.47. The van der Waals surface area contributed by atoms with E-state index >= 15 is 0 Å². The molecule has 0 radical (unpaired) electrons. The summed E-state index contributed by atoms with van der Waals surface area (Å²) in [5.74, 6) is -1.41. The Bertz CT molecular complexity index is 503. The van der Waals surface area contributed by atoms with Crippen molar-refractivity contribution in [1.29, 1.82) is 0 Å². The minimum absolute atomic E-state index is 0.402. The fourth-order valence-corrected chi connectivity index (χ4v) is 1.49. The van der Waals surface area contributed by atoms with Crippen LogP contribution in [0.15, 0.2) is 18.2 Å². The maximum absolute atomic E-state index is 11.6. The van der Waals surface area contributed by atoms with Gasteiger partial charge in [-0.3, -0.25) is 0 Å². The molecule has 1 atom stereocenters. The summed E-state index contributed by atoms with van der Waals surface area (Å²) in [6.45, 7) is 2.47. The van der Waals surface area contributed by atoms with Gasteiger partial charge in [0.25, 0.3) is 0 Å². The smallest absolute Gasteiger partial charge is 0.337 e. The summed E-state index contributed by atoms with van der Waals surface area (Å²) < 4.78 is 0. The maximum atomic E-state index is 11.6. The summed E-state index contributed by atoms with van der Waals surface area (Å²) in [6.07, 6.45) is 0. The average Bonchev–Trinajstić information content (AvgIpc) is 2.30. The van der Waals surface area contributed by atoms with E-state index in [1.54, 1.807) is 25.1 Å². The Morgan fingerprint density at radius 1 is 1.42 bits per heavy atom. The summed E-state index contributed by atoms with van der Waals surface area (Å²) in [7, 11) is 0. The molecule has 0 aromatic heterocycles. The topological polar surface area (TPSA) is 98.7 Å². The predicted molar refractivity (Wildman–Crippen MR) is 71.5 cm³/mol. The van der Waals surface area contributed by atoms with Gasteiger partial charge in [0.15, 0.2) is 5.60 Å². The lowest BCUT2D eigenvalue weighted by molar-refractivity contribution is -0.155. The molecular weight excluding hydrogens is 272 g/mol. The molecule has 1 unspecified atom stereocenters. The van der Waals surface area contributed by atoms with Gasteiger partial charge in [-0.1, -0.05) is 11.6 Å². The van der Waals surface area contributed by atoms with Gasteiger partial charge in [-0.25, -0.2) is 9.59 Å². The molecule has 7 heteroatoms. The van der Waals surface area contributed by atoms with E-state index in [-0.39, 0.29) is 0 Å². The number of aliphatic carboxylic acids is 1. The number of benzene rings is 1. The van der Waals surface area contributed by atoms with Gasteiger partial charge in [0.05, 0.1) is 6.54 Å². The highest BCUT2D eigenvalue weighted by molar-refractivity contribution is 6.30. The first-order chi connectivity index (χ1) is 8.72. The van der Waals surface area contributed by atoms with Crippen molar-refractivity contribution in [2.75, 3.05) is 11.9 Å². The zero-order chi connectivity index (χ0) is 14.6. The fraction of sp³-hybridized carbons (Fsp3) is 0.333. The number of nitrogens with one attached hydrogen (secondary N) is 2. The third kappa shape index (κ3) is 4.42. The van der Waals surface area contributed by atoms with Crippen molar-refractivity contribution in [3.8, 4) is 0 Å². The van der Waals surface area contributed by atoms with E-state index in [1.807, 2.05) is 0 Å². The van der Waals surface area contributed by atoms with Gasteiger partial charge in [0.2, 0.25) is 0 Å². The van der Waals surface area contributed by atoms with E-state index in [0.717, 1.165) is 12.5 Å². The van der Waals surface area contributed by atoms with Crippen LogP contribution in [0.2, 0.25) is 5.02 Å². The lowest BCUT2D eigenvalue weighted by atomic mass is 10.1. The molecule has 1 aromatic rings. The van der Waals surface area contributed by atoms with Crippen molar-refractivity contribution >= 4 is 29.3 Å². The lowest BCUT2D eigenvalue weighted by Gasteiger charge is -2.18. The first-order valence-corrected chi connectivity index (χ1v) is 5.87. The Labute approximate surface area is 115 Å². The van der Waals surface area contributed by atoms with Gasteiger partial charge in [-0.2, -0.15) is 0 Å². The van der Waals surface area contributed by atoms with Crippen LogP contribution in [0.1, 0.15) is 12.5 Å². The van der Waals surface area contributed by atoms with Crippen molar-refractivity contribution in [3.05, 3.63) is 28.8 Å². The normalized spacial score (nSPS) is 13.5. The Morgan fingerprint density at radius 2 is 2.05 bits per heavy atom. The number of hydrogen-bond donors (Lipinski definition) is 4. The molecular formula is C12H15ClN2O4.